The predicted octanol–water partition coefficient (Wildman–Crippen LogP) is 2.06. The number of nitrogens with one attached hydrogen (secondary N) is 1. The van der Waals surface area contributed by atoms with Crippen molar-refractivity contribution in [1.82, 2.24) is 0 Å². The minimum atomic E-state index is -3.42. The van der Waals surface area contributed by atoms with Gasteiger partial charge >= 0.3 is 11.6 Å². The Morgan fingerprint density at radius 3 is 2.26 bits per heavy atom. The Morgan fingerprint density at radius 2 is 1.74 bits per heavy atom. The molecule has 0 saturated heterocycles. The number of hydrogen-bond acceptors (Lipinski definition) is 7. The molecule has 1 N–H and O–H groups in total. The molecule has 0 fully saturated rings. The van der Waals surface area contributed by atoms with Crippen molar-refractivity contribution in [3.8, 4) is 0 Å². The van der Waals surface area contributed by atoms with Crippen molar-refractivity contribution in [2.75, 3.05) is 11.0 Å². The Balaban J connectivity index is 2.14. The van der Waals surface area contributed by atoms with Gasteiger partial charge in [0.1, 0.15) is 11.3 Å². The highest BCUT2D eigenvalue weighted by molar-refractivity contribution is 7.92. The number of sulfonamides is 1. The summed E-state index contributed by atoms with van der Waals surface area (Å²) in [5.74, 6) is -1.12. The summed E-state index contributed by atoms with van der Waals surface area (Å²) >= 11 is 0. The van der Waals surface area contributed by atoms with E-state index in [9.17, 15) is 22.8 Å². The number of hydrogen-bond donors (Lipinski definition) is 1. The normalized spacial score (nSPS) is 12.3. The summed E-state index contributed by atoms with van der Waals surface area (Å²) in [4.78, 5) is 36.1. The minimum absolute atomic E-state index is 0.0990. The lowest BCUT2D eigenvalue weighted by Crippen LogP contribution is -2.25. The lowest BCUT2D eigenvalue weighted by Gasteiger charge is -2.14. The SMILES string of the molecule is Cc1cc(=O)oc(C)c1C(=O)O[C@H](C)C(=O)c1ccc(NS(C)(=O)=O)cc1. The molecule has 1 heterocycles. The maximum atomic E-state index is 12.4. The Kier molecular flexibility index (Phi) is 5.85. The first kappa shape index (κ1) is 20.4. The van der Waals surface area contributed by atoms with Crippen molar-refractivity contribution < 1.29 is 27.2 Å². The molecular weight excluding hydrogens is 374 g/mol. The molecule has 0 unspecified atom stereocenters. The maximum Gasteiger partial charge on any atom is 0.342 e. The first-order valence-electron chi connectivity index (χ1n) is 7.92. The molecule has 1 aromatic heterocycles. The Labute approximate surface area is 156 Å². The van der Waals surface area contributed by atoms with E-state index in [4.69, 9.17) is 9.15 Å². The quantitative estimate of drug-likeness (QED) is 0.589. The number of esters is 1. The van der Waals surface area contributed by atoms with Crippen LogP contribution in [0.2, 0.25) is 0 Å². The number of ether oxygens (including phenoxy) is 1. The zero-order chi connectivity index (χ0) is 20.4. The fourth-order valence-electron chi connectivity index (χ4n) is 2.49. The van der Waals surface area contributed by atoms with Gasteiger partial charge in [0.05, 0.1) is 6.26 Å². The third-order valence-corrected chi connectivity index (χ3v) is 4.27. The molecule has 0 saturated carbocycles. The highest BCUT2D eigenvalue weighted by Crippen LogP contribution is 2.16. The van der Waals surface area contributed by atoms with E-state index >= 15 is 0 Å². The zero-order valence-corrected chi connectivity index (χ0v) is 16.0. The Morgan fingerprint density at radius 1 is 1.15 bits per heavy atom. The smallest absolute Gasteiger partial charge is 0.342 e. The van der Waals surface area contributed by atoms with E-state index in [0.29, 0.717) is 11.3 Å². The van der Waals surface area contributed by atoms with Gasteiger partial charge in [-0.3, -0.25) is 9.52 Å². The molecule has 0 spiro atoms. The number of Topliss-reactive ketones (excluding diaryl/α,β-unsaturated/α-hetero) is 1. The molecular formula is C18H19NO7S. The predicted molar refractivity (Wildman–Crippen MR) is 98.6 cm³/mol. The first-order chi connectivity index (χ1) is 12.5. The number of aryl methyl sites for hydroxylation is 2. The molecule has 27 heavy (non-hydrogen) atoms. The van der Waals surface area contributed by atoms with Crippen molar-refractivity contribution in [1.29, 1.82) is 0 Å². The highest BCUT2D eigenvalue weighted by Gasteiger charge is 2.23. The Hall–Kier alpha value is -2.94. The van der Waals surface area contributed by atoms with Gasteiger partial charge in [0.15, 0.2) is 6.10 Å². The van der Waals surface area contributed by atoms with Crippen molar-refractivity contribution in [3.05, 3.63) is 63.2 Å². The van der Waals surface area contributed by atoms with Crippen LogP contribution in [-0.4, -0.2) is 32.5 Å². The summed E-state index contributed by atoms with van der Waals surface area (Å²) in [6, 6.07) is 6.89. The number of carbonyl (C=O) groups excluding carboxylic acids is 2. The van der Waals surface area contributed by atoms with E-state index in [1.165, 1.54) is 44.2 Å². The van der Waals surface area contributed by atoms with Gasteiger partial charge < -0.3 is 9.15 Å². The fraction of sp³-hybridized carbons (Fsp3) is 0.278. The third kappa shape index (κ3) is 5.27. The van der Waals surface area contributed by atoms with Crippen LogP contribution in [0.3, 0.4) is 0 Å². The summed E-state index contributed by atoms with van der Waals surface area (Å²) < 4.78 is 34.8. The second-order valence-corrected chi connectivity index (χ2v) is 7.79. The topological polar surface area (TPSA) is 120 Å². The average molecular weight is 393 g/mol. The molecule has 0 amide bonds. The van der Waals surface area contributed by atoms with E-state index in [1.807, 2.05) is 0 Å². The van der Waals surface area contributed by atoms with Gasteiger partial charge in [0, 0.05) is 17.3 Å². The van der Waals surface area contributed by atoms with E-state index in [0.717, 1.165) is 6.26 Å². The molecule has 0 aliphatic heterocycles. The highest BCUT2D eigenvalue weighted by atomic mass is 32.2. The van der Waals surface area contributed by atoms with Gasteiger partial charge in [-0.05, 0) is 50.6 Å². The number of ketones is 1. The average Bonchev–Trinajstić information content (AvgIpc) is 2.52. The Bertz CT molecular complexity index is 1010. The second-order valence-electron chi connectivity index (χ2n) is 6.04. The second kappa shape index (κ2) is 7.75. The van der Waals surface area contributed by atoms with Gasteiger partial charge in [0.25, 0.3) is 0 Å². The van der Waals surface area contributed by atoms with Gasteiger partial charge in [-0.15, -0.1) is 0 Å². The lowest BCUT2D eigenvalue weighted by atomic mass is 10.1. The van der Waals surface area contributed by atoms with Crippen LogP contribution in [0.25, 0.3) is 0 Å². The molecule has 0 aliphatic carbocycles. The molecule has 2 rings (SSSR count). The van der Waals surface area contributed by atoms with Crippen LogP contribution in [0, 0.1) is 13.8 Å². The monoisotopic (exact) mass is 393 g/mol. The van der Waals surface area contributed by atoms with Crippen LogP contribution in [-0.2, 0) is 14.8 Å². The summed E-state index contributed by atoms with van der Waals surface area (Å²) in [6.07, 6.45) is -0.0691. The first-order valence-corrected chi connectivity index (χ1v) is 9.81. The van der Waals surface area contributed by atoms with Crippen LogP contribution in [0.4, 0.5) is 5.69 Å². The molecule has 144 valence electrons. The summed E-state index contributed by atoms with van der Waals surface area (Å²) in [5, 5.41) is 0. The molecule has 1 atom stereocenters. The van der Waals surface area contributed by atoms with Gasteiger partial charge in [-0.25, -0.2) is 18.0 Å². The number of anilines is 1. The molecule has 9 heteroatoms. The standard InChI is InChI=1S/C18H19NO7S/c1-10-9-15(20)25-11(2)16(10)18(22)26-12(3)17(21)13-5-7-14(8-6-13)19-27(4,23)24/h5-9,12,19H,1-4H3/t12-/m1/s1. The molecule has 0 bridgehead atoms. The van der Waals surface area contributed by atoms with Crippen molar-refractivity contribution in [2.45, 2.75) is 26.9 Å². The zero-order valence-electron chi connectivity index (χ0n) is 15.2. The molecule has 2 aromatic rings. The fourth-order valence-corrected chi connectivity index (χ4v) is 3.05. The summed E-state index contributed by atoms with van der Waals surface area (Å²) in [5.41, 5.74) is 0.478. The van der Waals surface area contributed by atoms with E-state index < -0.39 is 33.5 Å². The van der Waals surface area contributed by atoms with Crippen LogP contribution in [0.5, 0.6) is 0 Å². The largest absolute Gasteiger partial charge is 0.451 e. The molecule has 0 radical (unpaired) electrons. The lowest BCUT2D eigenvalue weighted by molar-refractivity contribution is 0.0314. The molecule has 0 aliphatic rings. The van der Waals surface area contributed by atoms with Gasteiger partial charge in [-0.1, -0.05) is 0 Å². The van der Waals surface area contributed by atoms with Gasteiger partial charge in [-0.2, -0.15) is 0 Å². The van der Waals surface area contributed by atoms with Crippen molar-refractivity contribution >= 4 is 27.5 Å². The maximum absolute atomic E-state index is 12.4. The van der Waals surface area contributed by atoms with Crippen LogP contribution >= 0.6 is 0 Å². The number of benzene rings is 1. The van der Waals surface area contributed by atoms with E-state index in [2.05, 4.69) is 4.72 Å². The number of carbonyl (C=O) groups is 2. The minimum Gasteiger partial charge on any atom is -0.451 e. The van der Waals surface area contributed by atoms with Gasteiger partial charge in [0.2, 0.25) is 15.8 Å². The molecule has 1 aromatic carbocycles. The molecule has 8 nitrogen and oxygen atoms in total. The van der Waals surface area contributed by atoms with Crippen molar-refractivity contribution in [2.24, 2.45) is 0 Å². The van der Waals surface area contributed by atoms with Crippen LogP contribution < -0.4 is 10.3 Å². The van der Waals surface area contributed by atoms with Crippen LogP contribution in [0.1, 0.15) is 39.0 Å². The van der Waals surface area contributed by atoms with Crippen molar-refractivity contribution in [3.63, 3.8) is 0 Å². The summed E-state index contributed by atoms with van der Waals surface area (Å²) in [6.45, 7) is 4.46. The third-order valence-electron chi connectivity index (χ3n) is 3.66. The van der Waals surface area contributed by atoms with E-state index in [1.54, 1.807) is 6.92 Å². The van der Waals surface area contributed by atoms with E-state index in [-0.39, 0.29) is 16.9 Å². The summed E-state index contributed by atoms with van der Waals surface area (Å²) in [7, 11) is -3.42. The van der Waals surface area contributed by atoms with Crippen LogP contribution in [0.15, 0.2) is 39.5 Å². The number of rotatable bonds is 6.